The molecule has 0 aliphatic rings. The number of benzene rings is 1. The second-order valence-corrected chi connectivity index (χ2v) is 3.36. The second-order valence-electron chi connectivity index (χ2n) is 3.36. The van der Waals surface area contributed by atoms with Gasteiger partial charge in [0.15, 0.2) is 6.61 Å². The lowest BCUT2D eigenvalue weighted by molar-refractivity contribution is -0.384. The van der Waals surface area contributed by atoms with Crippen LogP contribution in [0.25, 0.3) is 0 Å². The number of aromatic nitrogens is 1. The van der Waals surface area contributed by atoms with Crippen LogP contribution in [0.5, 0.6) is 0 Å². The first-order valence-electron chi connectivity index (χ1n) is 5.17. The summed E-state index contributed by atoms with van der Waals surface area (Å²) in [4.78, 5) is 35.9. The molecule has 0 aliphatic carbocycles. The summed E-state index contributed by atoms with van der Waals surface area (Å²) in [7, 11) is 0. The van der Waals surface area contributed by atoms with Crippen LogP contribution in [0.15, 0.2) is 42.9 Å². The Bertz CT molecular complexity index is 775. The van der Waals surface area contributed by atoms with Crippen LogP contribution in [0.4, 0.5) is 5.69 Å². The number of nitrogens with zero attached hydrogens (tertiary/aromatic N) is 2. The van der Waals surface area contributed by atoms with Gasteiger partial charge in [-0.15, -0.1) is 0 Å². The molecule has 9 heteroatoms. The van der Waals surface area contributed by atoms with E-state index in [0.717, 1.165) is 0 Å². The van der Waals surface area contributed by atoms with E-state index in [4.69, 9.17) is 0 Å². The first-order chi connectivity index (χ1) is 9.56. The van der Waals surface area contributed by atoms with Crippen molar-refractivity contribution in [3.8, 4) is 11.8 Å². The summed E-state index contributed by atoms with van der Waals surface area (Å²) in [5.41, 5.74) is -2.06. The Morgan fingerprint density at radius 3 is 2.65 bits per heavy atom. The van der Waals surface area contributed by atoms with Gasteiger partial charge in [0.25, 0.3) is 5.69 Å². The smallest absolute Gasteiger partial charge is 0.344 e. The molecule has 0 amide bonds. The van der Waals surface area contributed by atoms with E-state index in [-0.39, 0.29) is 17.4 Å². The summed E-state index contributed by atoms with van der Waals surface area (Å²) in [6.45, 7) is -0.247. The van der Waals surface area contributed by atoms with Crippen LogP contribution in [0.2, 0.25) is 0 Å². The van der Waals surface area contributed by atoms with Crippen LogP contribution in [-0.4, -0.2) is 16.6 Å². The zero-order valence-corrected chi connectivity index (χ0v) is 9.77. The number of hydrogen-bond acceptors (Lipinski definition) is 7. The normalized spacial score (nSPS) is 9.60. The fourth-order valence-electron chi connectivity index (χ4n) is 1.20. The Balaban J connectivity index is 2.01. The van der Waals surface area contributed by atoms with Crippen molar-refractivity contribution in [2.45, 2.75) is 0 Å². The lowest BCUT2D eigenvalue weighted by Crippen LogP contribution is -2.14. The van der Waals surface area contributed by atoms with Crippen molar-refractivity contribution in [1.29, 1.82) is 0 Å². The predicted octanol–water partition coefficient (Wildman–Crippen LogP) is -0.217. The zero-order chi connectivity index (χ0) is 14.5. The number of nitro benzene ring substituents is 1. The minimum atomic E-state index is -1.20. The lowest BCUT2D eigenvalue weighted by atomic mass is 10.2. The van der Waals surface area contributed by atoms with Crippen LogP contribution in [0, 0.1) is 22.0 Å². The number of hydrogen-bond donors (Lipinski definition) is 0. The molecule has 2 aromatic rings. The van der Waals surface area contributed by atoms with Crippen molar-refractivity contribution < 1.29 is 18.8 Å². The minimum absolute atomic E-state index is 0.0832. The van der Waals surface area contributed by atoms with Crippen molar-refractivity contribution in [1.82, 2.24) is 5.08 Å². The standard InChI is InChI=1S/C11H6N2O7/c14-10-11(15)20-13(19-10)18-6-2-4-8-3-1-5-9(7-8)12(16)17/h1,3,5,7H,6H2. The van der Waals surface area contributed by atoms with Gasteiger partial charge in [-0.2, -0.15) is 0 Å². The van der Waals surface area contributed by atoms with E-state index in [9.17, 15) is 19.7 Å². The van der Waals surface area contributed by atoms with Crippen molar-refractivity contribution >= 4 is 5.69 Å². The maximum absolute atomic E-state index is 10.6. The van der Waals surface area contributed by atoms with Gasteiger partial charge >= 0.3 is 11.3 Å². The van der Waals surface area contributed by atoms with Crippen molar-refractivity contribution in [2.75, 3.05) is 6.61 Å². The Hall–Kier alpha value is -3.28. The molecule has 1 heterocycles. The van der Waals surface area contributed by atoms with Crippen LogP contribution >= 0.6 is 0 Å². The second kappa shape index (κ2) is 5.57. The molecule has 0 atom stereocenters. The van der Waals surface area contributed by atoms with Gasteiger partial charge in [-0.05, 0) is 6.07 Å². The summed E-state index contributed by atoms with van der Waals surface area (Å²) in [6.07, 6.45) is 0. The molecule has 0 radical (unpaired) electrons. The molecule has 1 aromatic heterocycles. The molecule has 0 N–H and O–H groups in total. The molecule has 9 nitrogen and oxygen atoms in total. The molecule has 0 unspecified atom stereocenters. The first-order valence-corrected chi connectivity index (χ1v) is 5.17. The highest BCUT2D eigenvalue weighted by molar-refractivity contribution is 5.43. The monoisotopic (exact) mass is 278 g/mol. The topological polar surface area (TPSA) is 118 Å². The van der Waals surface area contributed by atoms with E-state index in [2.05, 4.69) is 25.7 Å². The molecule has 0 fully saturated rings. The number of nitro groups is 1. The summed E-state index contributed by atoms with van der Waals surface area (Å²) in [6, 6.07) is 5.71. The highest BCUT2D eigenvalue weighted by Gasteiger charge is 2.05. The Morgan fingerprint density at radius 2 is 2.00 bits per heavy atom. The van der Waals surface area contributed by atoms with Gasteiger partial charge in [-0.1, -0.05) is 17.9 Å². The van der Waals surface area contributed by atoms with Gasteiger partial charge in [0.1, 0.15) is 5.08 Å². The van der Waals surface area contributed by atoms with E-state index in [1.165, 1.54) is 18.2 Å². The molecule has 2 rings (SSSR count). The summed E-state index contributed by atoms with van der Waals surface area (Å²) in [5, 5.41) is 10.8. The fourth-order valence-corrected chi connectivity index (χ4v) is 1.20. The number of rotatable bonds is 3. The third kappa shape index (κ3) is 3.14. The molecular formula is C11H6N2O7. The summed E-state index contributed by atoms with van der Waals surface area (Å²) >= 11 is 0. The largest absolute Gasteiger partial charge is 0.449 e. The Labute approximate surface area is 110 Å². The van der Waals surface area contributed by atoms with Gasteiger partial charge in [-0.25, -0.2) is 9.59 Å². The molecule has 20 heavy (non-hydrogen) atoms. The molecule has 0 spiro atoms. The maximum Gasteiger partial charge on any atom is 0.449 e. The third-order valence-corrected chi connectivity index (χ3v) is 2.01. The summed E-state index contributed by atoms with van der Waals surface area (Å²) < 4.78 is 8.44. The van der Waals surface area contributed by atoms with Gasteiger partial charge in [-0.3, -0.25) is 19.2 Å². The lowest BCUT2D eigenvalue weighted by Gasteiger charge is -1.93. The highest BCUT2D eigenvalue weighted by atomic mass is 17.0. The van der Waals surface area contributed by atoms with Crippen LogP contribution < -0.4 is 16.1 Å². The quantitative estimate of drug-likeness (QED) is 0.329. The minimum Gasteiger partial charge on any atom is -0.344 e. The van der Waals surface area contributed by atoms with E-state index >= 15 is 0 Å². The fraction of sp³-hybridized carbons (Fsp3) is 0.0909. The summed E-state index contributed by atoms with van der Waals surface area (Å²) in [5.74, 6) is 5.10. The molecule has 0 aliphatic heterocycles. The maximum atomic E-state index is 10.6. The SMILES string of the molecule is O=c1on(OCC#Cc2cccc([N+](=O)[O-])c2)oc1=O. The molecular weight excluding hydrogens is 272 g/mol. The first kappa shape index (κ1) is 13.2. The highest BCUT2D eigenvalue weighted by Crippen LogP contribution is 2.11. The third-order valence-electron chi connectivity index (χ3n) is 2.01. The van der Waals surface area contributed by atoms with Gasteiger partial charge < -0.3 is 4.84 Å². The van der Waals surface area contributed by atoms with E-state index in [1.807, 2.05) is 0 Å². The Kier molecular flexibility index (Phi) is 3.67. The molecule has 0 bridgehead atoms. The zero-order valence-electron chi connectivity index (χ0n) is 9.77. The molecule has 0 saturated heterocycles. The van der Waals surface area contributed by atoms with Crippen LogP contribution in [-0.2, 0) is 0 Å². The van der Waals surface area contributed by atoms with Crippen molar-refractivity contribution in [2.24, 2.45) is 0 Å². The van der Waals surface area contributed by atoms with Gasteiger partial charge in [0, 0.05) is 17.7 Å². The van der Waals surface area contributed by atoms with E-state index in [1.54, 1.807) is 6.07 Å². The van der Waals surface area contributed by atoms with E-state index in [0.29, 0.717) is 5.56 Å². The average Bonchev–Trinajstić information content (AvgIpc) is 2.74. The molecule has 102 valence electrons. The van der Waals surface area contributed by atoms with E-state index < -0.39 is 16.2 Å². The van der Waals surface area contributed by atoms with Crippen molar-refractivity contribution in [3.05, 3.63) is 60.8 Å². The van der Waals surface area contributed by atoms with Crippen LogP contribution in [0.3, 0.4) is 0 Å². The average molecular weight is 278 g/mol. The molecule has 1 aromatic carbocycles. The van der Waals surface area contributed by atoms with Gasteiger partial charge in [0.2, 0.25) is 0 Å². The van der Waals surface area contributed by atoms with Crippen LogP contribution in [0.1, 0.15) is 5.56 Å². The number of non-ortho nitro benzene ring substituents is 1. The van der Waals surface area contributed by atoms with Gasteiger partial charge in [0.05, 0.1) is 4.92 Å². The van der Waals surface area contributed by atoms with Crippen molar-refractivity contribution in [3.63, 3.8) is 0 Å². The predicted molar refractivity (Wildman–Crippen MR) is 62.9 cm³/mol. The Morgan fingerprint density at radius 1 is 1.30 bits per heavy atom. The molecule has 0 saturated carbocycles.